The first kappa shape index (κ1) is 7.22. The monoisotopic (exact) mass is 136 g/mol. The van der Waals surface area contributed by atoms with Gasteiger partial charge < -0.3 is 5.73 Å². The van der Waals surface area contributed by atoms with Crippen LogP contribution in [-0.4, -0.2) is 4.98 Å². The Morgan fingerprint density at radius 3 is 2.90 bits per heavy atom. The lowest BCUT2D eigenvalue weighted by molar-refractivity contribution is 0.675. The Morgan fingerprint density at radius 2 is 2.40 bits per heavy atom. The van der Waals surface area contributed by atoms with Gasteiger partial charge in [0.2, 0.25) is 0 Å². The molecule has 0 aliphatic carbocycles. The largest absolute Gasteiger partial charge is 0.323 e. The van der Waals surface area contributed by atoms with Crippen molar-refractivity contribution in [2.75, 3.05) is 0 Å². The fraction of sp³-hybridized carbons (Fsp3) is 0.375. The zero-order chi connectivity index (χ0) is 7.40. The van der Waals surface area contributed by atoms with E-state index in [9.17, 15) is 0 Å². The maximum Gasteiger partial charge on any atom is 0.0570 e. The third-order valence-electron chi connectivity index (χ3n) is 1.51. The van der Waals surface area contributed by atoms with Gasteiger partial charge in [0, 0.05) is 12.2 Å². The summed E-state index contributed by atoms with van der Waals surface area (Å²) in [5, 5.41) is 0. The van der Waals surface area contributed by atoms with Gasteiger partial charge >= 0.3 is 0 Å². The van der Waals surface area contributed by atoms with Crippen LogP contribution in [0.25, 0.3) is 0 Å². The van der Waals surface area contributed by atoms with E-state index in [-0.39, 0.29) is 6.04 Å². The third-order valence-corrected chi connectivity index (χ3v) is 1.51. The summed E-state index contributed by atoms with van der Waals surface area (Å²) in [7, 11) is 0. The molecule has 0 aromatic carbocycles. The first-order valence-corrected chi connectivity index (χ1v) is 3.51. The summed E-state index contributed by atoms with van der Waals surface area (Å²) in [6.45, 7) is 2.05. The number of pyridine rings is 1. The number of aromatic nitrogens is 1. The van der Waals surface area contributed by atoms with Crippen molar-refractivity contribution in [2.45, 2.75) is 19.4 Å². The Bertz CT molecular complexity index is 184. The molecule has 0 spiro atoms. The molecule has 0 saturated heterocycles. The molecule has 1 aromatic heterocycles. The smallest absolute Gasteiger partial charge is 0.0570 e. The summed E-state index contributed by atoms with van der Waals surface area (Å²) in [5.74, 6) is 0. The van der Waals surface area contributed by atoms with E-state index in [1.807, 2.05) is 18.2 Å². The number of hydrogen-bond acceptors (Lipinski definition) is 2. The van der Waals surface area contributed by atoms with Crippen molar-refractivity contribution in [3.63, 3.8) is 0 Å². The normalized spacial score (nSPS) is 13.0. The Balaban J connectivity index is 2.75. The van der Waals surface area contributed by atoms with Crippen molar-refractivity contribution in [1.82, 2.24) is 4.98 Å². The lowest BCUT2D eigenvalue weighted by atomic mass is 10.1. The van der Waals surface area contributed by atoms with Crippen molar-refractivity contribution in [2.24, 2.45) is 5.73 Å². The van der Waals surface area contributed by atoms with Crippen molar-refractivity contribution < 1.29 is 0 Å². The molecular weight excluding hydrogens is 124 g/mol. The van der Waals surface area contributed by atoms with Crippen LogP contribution in [-0.2, 0) is 0 Å². The lowest BCUT2D eigenvalue weighted by Gasteiger charge is -2.05. The first-order chi connectivity index (χ1) is 4.84. The van der Waals surface area contributed by atoms with Crippen LogP contribution in [0.15, 0.2) is 24.4 Å². The minimum atomic E-state index is 0.0983. The van der Waals surface area contributed by atoms with E-state index in [1.165, 1.54) is 0 Å². The van der Waals surface area contributed by atoms with E-state index in [1.54, 1.807) is 6.20 Å². The second-order valence-electron chi connectivity index (χ2n) is 2.27. The van der Waals surface area contributed by atoms with Crippen LogP contribution in [0.2, 0.25) is 0 Å². The molecule has 2 nitrogen and oxygen atoms in total. The molecule has 2 N–H and O–H groups in total. The van der Waals surface area contributed by atoms with Crippen LogP contribution in [0.4, 0.5) is 0 Å². The average Bonchev–Trinajstić information content (AvgIpc) is 2.05. The second-order valence-corrected chi connectivity index (χ2v) is 2.27. The minimum Gasteiger partial charge on any atom is -0.323 e. The van der Waals surface area contributed by atoms with Crippen LogP contribution in [0.5, 0.6) is 0 Å². The molecule has 1 aromatic rings. The zero-order valence-electron chi connectivity index (χ0n) is 6.12. The molecular formula is C8H12N2. The summed E-state index contributed by atoms with van der Waals surface area (Å²) in [4.78, 5) is 4.12. The molecule has 0 bridgehead atoms. The highest BCUT2D eigenvalue weighted by Crippen LogP contribution is 2.08. The molecule has 10 heavy (non-hydrogen) atoms. The molecule has 2 heteroatoms. The molecule has 0 aliphatic rings. The Labute approximate surface area is 61.1 Å². The SMILES string of the molecule is CCC(N)c1ccccn1. The Kier molecular flexibility index (Phi) is 2.40. The number of nitrogens with zero attached hydrogens (tertiary/aromatic N) is 1. The van der Waals surface area contributed by atoms with E-state index in [0.29, 0.717) is 0 Å². The van der Waals surface area contributed by atoms with Gasteiger partial charge in [-0.3, -0.25) is 4.98 Å². The second kappa shape index (κ2) is 3.32. The molecule has 0 aliphatic heterocycles. The van der Waals surface area contributed by atoms with Crippen molar-refractivity contribution in [3.8, 4) is 0 Å². The summed E-state index contributed by atoms with van der Waals surface area (Å²) in [6.07, 6.45) is 2.71. The summed E-state index contributed by atoms with van der Waals surface area (Å²) in [6, 6.07) is 5.90. The van der Waals surface area contributed by atoms with Crippen LogP contribution in [0.1, 0.15) is 25.1 Å². The van der Waals surface area contributed by atoms with E-state index < -0.39 is 0 Å². The molecule has 1 atom stereocenters. The van der Waals surface area contributed by atoms with Gasteiger partial charge in [0.1, 0.15) is 0 Å². The van der Waals surface area contributed by atoms with E-state index in [4.69, 9.17) is 5.73 Å². The summed E-state index contributed by atoms with van der Waals surface area (Å²) in [5.41, 5.74) is 6.71. The minimum absolute atomic E-state index is 0.0983. The van der Waals surface area contributed by atoms with Crippen LogP contribution in [0.3, 0.4) is 0 Å². The van der Waals surface area contributed by atoms with E-state index >= 15 is 0 Å². The molecule has 0 saturated carbocycles. The predicted molar refractivity (Wildman–Crippen MR) is 41.5 cm³/mol. The van der Waals surface area contributed by atoms with E-state index in [0.717, 1.165) is 12.1 Å². The highest BCUT2D eigenvalue weighted by molar-refractivity contribution is 5.07. The third kappa shape index (κ3) is 1.54. The molecule has 0 fully saturated rings. The standard InChI is InChI=1S/C8H12N2/c1-2-7(9)8-5-3-4-6-10-8/h3-7H,2,9H2,1H3. The van der Waals surface area contributed by atoms with Gasteiger partial charge in [-0.15, -0.1) is 0 Å². The Hall–Kier alpha value is -0.890. The molecule has 1 heterocycles. The number of hydrogen-bond donors (Lipinski definition) is 1. The van der Waals surface area contributed by atoms with E-state index in [2.05, 4.69) is 11.9 Å². The maximum atomic E-state index is 5.73. The average molecular weight is 136 g/mol. The quantitative estimate of drug-likeness (QED) is 0.669. The maximum absolute atomic E-state index is 5.73. The molecule has 54 valence electrons. The highest BCUT2D eigenvalue weighted by Gasteiger charge is 2.01. The van der Waals surface area contributed by atoms with Gasteiger partial charge in [0.15, 0.2) is 0 Å². The first-order valence-electron chi connectivity index (χ1n) is 3.51. The van der Waals surface area contributed by atoms with Crippen LogP contribution in [0, 0.1) is 0 Å². The van der Waals surface area contributed by atoms with Crippen molar-refractivity contribution in [3.05, 3.63) is 30.1 Å². The molecule has 0 radical (unpaired) electrons. The van der Waals surface area contributed by atoms with Gasteiger partial charge in [-0.05, 0) is 18.6 Å². The number of rotatable bonds is 2. The molecule has 1 rings (SSSR count). The van der Waals surface area contributed by atoms with Gasteiger partial charge in [-0.25, -0.2) is 0 Å². The summed E-state index contributed by atoms with van der Waals surface area (Å²) < 4.78 is 0. The topological polar surface area (TPSA) is 38.9 Å². The number of nitrogens with two attached hydrogens (primary N) is 1. The zero-order valence-corrected chi connectivity index (χ0v) is 6.12. The van der Waals surface area contributed by atoms with Gasteiger partial charge in [-0.2, -0.15) is 0 Å². The molecule has 1 unspecified atom stereocenters. The van der Waals surface area contributed by atoms with Gasteiger partial charge in [0.25, 0.3) is 0 Å². The predicted octanol–water partition coefficient (Wildman–Crippen LogP) is 1.49. The highest BCUT2D eigenvalue weighted by atomic mass is 14.8. The van der Waals surface area contributed by atoms with Crippen molar-refractivity contribution >= 4 is 0 Å². The Morgan fingerprint density at radius 1 is 1.60 bits per heavy atom. The fourth-order valence-electron chi connectivity index (χ4n) is 0.804. The van der Waals surface area contributed by atoms with Gasteiger partial charge in [-0.1, -0.05) is 13.0 Å². The molecule has 0 amide bonds. The van der Waals surface area contributed by atoms with Gasteiger partial charge in [0.05, 0.1) is 5.69 Å². The lowest BCUT2D eigenvalue weighted by Crippen LogP contribution is -2.09. The fourth-order valence-corrected chi connectivity index (χ4v) is 0.804. The van der Waals surface area contributed by atoms with Crippen molar-refractivity contribution in [1.29, 1.82) is 0 Å². The van der Waals surface area contributed by atoms with Crippen LogP contribution >= 0.6 is 0 Å². The summed E-state index contributed by atoms with van der Waals surface area (Å²) >= 11 is 0. The van der Waals surface area contributed by atoms with Crippen LogP contribution < -0.4 is 5.73 Å².